The van der Waals surface area contributed by atoms with Crippen molar-refractivity contribution in [3.8, 4) is 0 Å². The molecule has 6 rings (SSSR count). The monoisotopic (exact) mass is 561 g/mol. The standard InChI is InChI=1S/C29H31N5O3S2/c1-17-6-5-9-22(18(17)2)32-12-14-33(15-13-32)28(37)19-10-11-21-23(16-19)34-25(31-26(21)35)24(39-29(34)38)27(36)30-20-7-3-4-8-20/h5-6,9-11,16,20H,3-4,7-8,12-15H2,1-2H3,(H,30,36)(H,31,35). The van der Waals surface area contributed by atoms with Gasteiger partial charge in [-0.3, -0.25) is 18.8 Å². The smallest absolute Gasteiger partial charge is 0.265 e. The summed E-state index contributed by atoms with van der Waals surface area (Å²) in [4.78, 5) is 47.1. The molecular formula is C29H31N5O3S2. The van der Waals surface area contributed by atoms with Gasteiger partial charge in [0.05, 0.1) is 10.9 Å². The van der Waals surface area contributed by atoms with Crippen LogP contribution in [0.4, 0.5) is 5.69 Å². The molecule has 0 atom stereocenters. The lowest BCUT2D eigenvalue weighted by atomic mass is 10.1. The third-order valence-electron chi connectivity index (χ3n) is 8.15. The highest BCUT2D eigenvalue weighted by Gasteiger charge is 2.25. The summed E-state index contributed by atoms with van der Waals surface area (Å²) in [5.74, 6) is -0.295. The Hall–Kier alpha value is -3.50. The predicted octanol–water partition coefficient (Wildman–Crippen LogP) is 4.82. The van der Waals surface area contributed by atoms with E-state index >= 15 is 0 Å². The van der Waals surface area contributed by atoms with Crippen LogP contribution in [-0.4, -0.2) is 58.3 Å². The molecule has 1 saturated heterocycles. The summed E-state index contributed by atoms with van der Waals surface area (Å²) < 4.78 is 2.17. The minimum Gasteiger partial charge on any atom is -0.368 e. The van der Waals surface area contributed by atoms with Crippen molar-refractivity contribution >= 4 is 57.6 Å². The van der Waals surface area contributed by atoms with Crippen LogP contribution in [0.1, 0.15) is 56.8 Å². The van der Waals surface area contributed by atoms with E-state index in [1.54, 1.807) is 22.6 Å². The van der Waals surface area contributed by atoms with Gasteiger partial charge in [0.1, 0.15) is 10.5 Å². The number of anilines is 1. The molecule has 202 valence electrons. The van der Waals surface area contributed by atoms with Crippen molar-refractivity contribution in [3.63, 3.8) is 0 Å². The van der Waals surface area contributed by atoms with Crippen molar-refractivity contribution in [2.45, 2.75) is 45.6 Å². The van der Waals surface area contributed by atoms with Crippen LogP contribution in [0.5, 0.6) is 0 Å². The molecule has 2 aromatic carbocycles. The summed E-state index contributed by atoms with van der Waals surface area (Å²) in [5.41, 5.74) is 4.85. The quantitative estimate of drug-likeness (QED) is 0.349. The fraction of sp³-hybridized carbons (Fsp3) is 0.379. The molecule has 4 aromatic rings. The Morgan fingerprint density at radius 3 is 2.54 bits per heavy atom. The van der Waals surface area contributed by atoms with E-state index in [0.29, 0.717) is 44.0 Å². The Labute approximate surface area is 235 Å². The van der Waals surface area contributed by atoms with Gasteiger partial charge in [0.2, 0.25) is 0 Å². The van der Waals surface area contributed by atoms with Crippen molar-refractivity contribution in [1.82, 2.24) is 19.6 Å². The Kier molecular flexibility index (Phi) is 6.76. The molecule has 2 N–H and O–H groups in total. The summed E-state index contributed by atoms with van der Waals surface area (Å²) in [6.07, 6.45) is 4.14. The summed E-state index contributed by atoms with van der Waals surface area (Å²) in [5, 5.41) is 3.51. The second-order valence-corrected chi connectivity index (χ2v) is 12.2. The average Bonchev–Trinajstić information content (AvgIpc) is 3.57. The molecule has 1 saturated carbocycles. The molecule has 10 heteroatoms. The van der Waals surface area contributed by atoms with E-state index in [4.69, 9.17) is 12.2 Å². The highest BCUT2D eigenvalue weighted by molar-refractivity contribution is 7.73. The summed E-state index contributed by atoms with van der Waals surface area (Å²) in [6.45, 7) is 6.98. The van der Waals surface area contributed by atoms with E-state index in [-0.39, 0.29) is 23.4 Å². The van der Waals surface area contributed by atoms with E-state index in [0.717, 1.165) is 38.8 Å². The summed E-state index contributed by atoms with van der Waals surface area (Å²) >= 11 is 6.82. The summed E-state index contributed by atoms with van der Waals surface area (Å²) in [6, 6.07) is 11.6. The molecule has 0 unspecified atom stereocenters. The maximum atomic E-state index is 13.5. The number of aromatic nitrogens is 2. The van der Waals surface area contributed by atoms with Crippen molar-refractivity contribution < 1.29 is 9.59 Å². The molecule has 0 spiro atoms. The maximum Gasteiger partial charge on any atom is 0.265 e. The average molecular weight is 562 g/mol. The first-order chi connectivity index (χ1) is 18.8. The van der Waals surface area contributed by atoms with Gasteiger partial charge in [-0.05, 0) is 74.3 Å². The van der Waals surface area contributed by atoms with Crippen LogP contribution in [0.15, 0.2) is 41.2 Å². The highest BCUT2D eigenvalue weighted by Crippen LogP contribution is 2.27. The van der Waals surface area contributed by atoms with Crippen LogP contribution >= 0.6 is 23.6 Å². The van der Waals surface area contributed by atoms with Crippen LogP contribution in [0.3, 0.4) is 0 Å². The molecular weight excluding hydrogens is 530 g/mol. The number of fused-ring (bicyclic) bond motifs is 3. The number of amides is 2. The third kappa shape index (κ3) is 4.65. The van der Waals surface area contributed by atoms with Gasteiger partial charge in [-0.25, -0.2) is 0 Å². The zero-order valence-electron chi connectivity index (χ0n) is 22.1. The number of carbonyl (C=O) groups excluding carboxylic acids is 2. The van der Waals surface area contributed by atoms with Gasteiger partial charge >= 0.3 is 0 Å². The van der Waals surface area contributed by atoms with Gasteiger partial charge in [-0.2, -0.15) is 0 Å². The van der Waals surface area contributed by atoms with E-state index in [1.807, 2.05) is 4.90 Å². The van der Waals surface area contributed by atoms with E-state index < -0.39 is 0 Å². The lowest BCUT2D eigenvalue weighted by molar-refractivity contribution is 0.0746. The van der Waals surface area contributed by atoms with Crippen molar-refractivity contribution in [2.75, 3.05) is 31.1 Å². The normalized spacial score (nSPS) is 16.4. The molecule has 2 aliphatic rings. The molecule has 3 heterocycles. The first-order valence-corrected chi connectivity index (χ1v) is 14.7. The van der Waals surface area contributed by atoms with Crippen LogP contribution in [-0.2, 0) is 0 Å². The number of aromatic amines is 1. The number of nitrogens with one attached hydrogen (secondary N) is 2. The van der Waals surface area contributed by atoms with Gasteiger partial charge in [-0.15, -0.1) is 0 Å². The Morgan fingerprint density at radius 1 is 1.05 bits per heavy atom. The number of hydrogen-bond donors (Lipinski definition) is 2. The molecule has 1 aliphatic heterocycles. The van der Waals surface area contributed by atoms with E-state index in [9.17, 15) is 14.4 Å². The Bertz CT molecular complexity index is 1720. The van der Waals surface area contributed by atoms with Gasteiger partial charge < -0.3 is 20.1 Å². The number of aryl methyl sites for hydroxylation is 1. The van der Waals surface area contributed by atoms with Crippen LogP contribution in [0.25, 0.3) is 16.6 Å². The lowest BCUT2D eigenvalue weighted by Gasteiger charge is -2.37. The number of thiazole rings is 1. The van der Waals surface area contributed by atoms with E-state index in [2.05, 4.69) is 47.2 Å². The number of H-pyrrole nitrogens is 1. The maximum absolute atomic E-state index is 13.5. The highest BCUT2D eigenvalue weighted by atomic mass is 32.1. The molecule has 2 amide bonds. The number of nitrogens with zero attached hydrogens (tertiary/aromatic N) is 3. The van der Waals surface area contributed by atoms with Crippen molar-refractivity contribution in [1.29, 1.82) is 0 Å². The molecule has 1 aliphatic carbocycles. The number of rotatable bonds is 4. The molecule has 2 aromatic heterocycles. The number of piperazine rings is 1. The second-order valence-electron chi connectivity index (χ2n) is 10.5. The van der Waals surface area contributed by atoms with Gasteiger partial charge in [0, 0.05) is 43.5 Å². The van der Waals surface area contributed by atoms with Crippen LogP contribution in [0.2, 0.25) is 0 Å². The SMILES string of the molecule is Cc1cccc(N2CCN(C(=O)c3ccc4c(=O)[nH]c5c(C(=O)NC6CCCC6)sc(=S)n5c4c3)CC2)c1C. The van der Waals surface area contributed by atoms with Crippen LogP contribution in [0, 0.1) is 17.8 Å². The fourth-order valence-corrected chi connectivity index (χ4v) is 7.09. The Morgan fingerprint density at radius 2 is 1.79 bits per heavy atom. The fourth-order valence-electron chi connectivity index (χ4n) is 5.81. The summed E-state index contributed by atoms with van der Waals surface area (Å²) in [7, 11) is 0. The first-order valence-electron chi connectivity index (χ1n) is 13.4. The van der Waals surface area contributed by atoms with Crippen LogP contribution < -0.4 is 15.8 Å². The number of carbonyl (C=O) groups is 2. The molecule has 2 fully saturated rings. The Balaban J connectivity index is 1.29. The first kappa shape index (κ1) is 25.8. The molecule has 39 heavy (non-hydrogen) atoms. The van der Waals surface area contributed by atoms with Crippen molar-refractivity contribution in [3.05, 3.63) is 72.3 Å². The number of benzene rings is 2. The minimum absolute atomic E-state index is 0.0770. The molecule has 0 bridgehead atoms. The largest absolute Gasteiger partial charge is 0.368 e. The lowest BCUT2D eigenvalue weighted by Crippen LogP contribution is -2.49. The second kappa shape index (κ2) is 10.2. The van der Waals surface area contributed by atoms with Crippen molar-refractivity contribution in [2.24, 2.45) is 0 Å². The third-order valence-corrected chi connectivity index (χ3v) is 9.53. The molecule has 0 radical (unpaired) electrons. The van der Waals surface area contributed by atoms with Gasteiger partial charge in [-0.1, -0.05) is 36.3 Å². The minimum atomic E-state index is -0.311. The van der Waals surface area contributed by atoms with Gasteiger partial charge in [0.15, 0.2) is 3.95 Å². The number of hydrogen-bond acceptors (Lipinski definition) is 6. The zero-order chi connectivity index (χ0) is 27.3. The topological polar surface area (TPSA) is 89.9 Å². The zero-order valence-corrected chi connectivity index (χ0v) is 23.7. The van der Waals surface area contributed by atoms with E-state index in [1.165, 1.54) is 28.2 Å². The molecule has 8 nitrogen and oxygen atoms in total. The van der Waals surface area contributed by atoms with Gasteiger partial charge in [0.25, 0.3) is 17.4 Å². The predicted molar refractivity (Wildman–Crippen MR) is 158 cm³/mol.